The molecule has 0 aliphatic carbocycles. The molecule has 0 aliphatic rings. The second kappa shape index (κ2) is 5.32. The number of nitrogens with one attached hydrogen (secondary N) is 1. The summed E-state index contributed by atoms with van der Waals surface area (Å²) < 4.78 is 0. The van der Waals surface area contributed by atoms with E-state index in [1.54, 1.807) is 0 Å². The monoisotopic (exact) mass is 214 g/mol. The maximum absolute atomic E-state index is 4.41. The first-order valence-corrected chi connectivity index (χ1v) is 5.22. The van der Waals surface area contributed by atoms with E-state index >= 15 is 0 Å². The van der Waals surface area contributed by atoms with Crippen molar-refractivity contribution in [1.29, 1.82) is 0 Å². The Labute approximate surface area is 94.8 Å². The number of pyridine rings is 1. The zero-order valence-electron chi connectivity index (χ0n) is 9.22. The molecule has 0 fully saturated rings. The summed E-state index contributed by atoms with van der Waals surface area (Å²) in [6, 6.07) is 6.03. The van der Waals surface area contributed by atoms with Gasteiger partial charge in [-0.25, -0.2) is 9.97 Å². The van der Waals surface area contributed by atoms with Crippen molar-refractivity contribution in [3.8, 4) is 0 Å². The predicted octanol–water partition coefficient (Wildman–Crippen LogP) is 1.47. The van der Waals surface area contributed by atoms with Gasteiger partial charge in [0.1, 0.15) is 6.33 Å². The number of rotatable bonds is 4. The van der Waals surface area contributed by atoms with Crippen molar-refractivity contribution >= 4 is 0 Å². The van der Waals surface area contributed by atoms with Gasteiger partial charge >= 0.3 is 0 Å². The number of hydrogen-bond donors (Lipinski definition) is 1. The summed E-state index contributed by atoms with van der Waals surface area (Å²) in [6.07, 6.45) is 5.15. The van der Waals surface area contributed by atoms with Crippen LogP contribution in [0, 0.1) is 6.92 Å². The highest BCUT2D eigenvalue weighted by Crippen LogP contribution is 1.98. The van der Waals surface area contributed by atoms with E-state index in [0.29, 0.717) is 0 Å². The average Bonchev–Trinajstić information content (AvgIpc) is 2.30. The molecule has 16 heavy (non-hydrogen) atoms. The third-order valence-corrected chi connectivity index (χ3v) is 2.20. The minimum atomic E-state index is 0.760. The molecule has 0 aliphatic heterocycles. The van der Waals surface area contributed by atoms with Crippen LogP contribution in [0.15, 0.2) is 36.9 Å². The van der Waals surface area contributed by atoms with E-state index in [1.165, 1.54) is 6.33 Å². The van der Waals surface area contributed by atoms with Crippen LogP contribution in [0.4, 0.5) is 0 Å². The quantitative estimate of drug-likeness (QED) is 0.837. The molecular weight excluding hydrogens is 200 g/mol. The zero-order chi connectivity index (χ0) is 11.2. The maximum Gasteiger partial charge on any atom is 0.115 e. The fraction of sp³-hybridized carbons (Fsp3) is 0.250. The first-order valence-electron chi connectivity index (χ1n) is 5.22. The standard InChI is InChI=1S/C12H14N4/c1-10-3-2-4-12(16-10)8-13-5-11-6-14-9-15-7-11/h2-4,6-7,9,13H,5,8H2,1H3. The SMILES string of the molecule is Cc1cccc(CNCc2cncnc2)n1. The van der Waals surface area contributed by atoms with E-state index in [1.807, 2.05) is 37.5 Å². The van der Waals surface area contributed by atoms with Crippen LogP contribution in [0.1, 0.15) is 17.0 Å². The van der Waals surface area contributed by atoms with Crippen LogP contribution in [-0.4, -0.2) is 15.0 Å². The molecule has 2 aromatic rings. The molecule has 0 aromatic carbocycles. The summed E-state index contributed by atoms with van der Waals surface area (Å²) in [4.78, 5) is 12.3. The molecule has 0 saturated heterocycles. The van der Waals surface area contributed by atoms with Gasteiger partial charge < -0.3 is 5.32 Å². The Morgan fingerprint density at radius 2 is 1.94 bits per heavy atom. The molecule has 4 nitrogen and oxygen atoms in total. The lowest BCUT2D eigenvalue weighted by molar-refractivity contribution is 0.674. The van der Waals surface area contributed by atoms with Crippen LogP contribution in [0.5, 0.6) is 0 Å². The number of nitrogens with zero attached hydrogens (tertiary/aromatic N) is 3. The lowest BCUT2D eigenvalue weighted by Crippen LogP contribution is -2.14. The van der Waals surface area contributed by atoms with E-state index in [-0.39, 0.29) is 0 Å². The van der Waals surface area contributed by atoms with Crippen molar-refractivity contribution in [2.45, 2.75) is 20.0 Å². The Hall–Kier alpha value is -1.81. The van der Waals surface area contributed by atoms with Crippen molar-refractivity contribution in [2.24, 2.45) is 0 Å². The zero-order valence-corrected chi connectivity index (χ0v) is 9.22. The molecule has 2 aromatic heterocycles. The van der Waals surface area contributed by atoms with Gasteiger partial charge in [0, 0.05) is 36.7 Å². The summed E-state index contributed by atoms with van der Waals surface area (Å²) in [5.41, 5.74) is 3.18. The van der Waals surface area contributed by atoms with Crippen LogP contribution >= 0.6 is 0 Å². The van der Waals surface area contributed by atoms with Gasteiger partial charge in [0.05, 0.1) is 5.69 Å². The summed E-state index contributed by atoms with van der Waals surface area (Å²) >= 11 is 0. The van der Waals surface area contributed by atoms with Crippen LogP contribution in [0.3, 0.4) is 0 Å². The Morgan fingerprint density at radius 1 is 1.12 bits per heavy atom. The molecule has 0 amide bonds. The van der Waals surface area contributed by atoms with Crippen LogP contribution in [-0.2, 0) is 13.1 Å². The molecule has 4 heteroatoms. The Bertz CT molecular complexity index is 442. The first-order chi connectivity index (χ1) is 7.84. The van der Waals surface area contributed by atoms with Gasteiger partial charge in [0.2, 0.25) is 0 Å². The fourth-order valence-corrected chi connectivity index (χ4v) is 1.45. The number of aromatic nitrogens is 3. The van der Waals surface area contributed by atoms with Crippen LogP contribution < -0.4 is 5.32 Å². The Morgan fingerprint density at radius 3 is 2.69 bits per heavy atom. The lowest BCUT2D eigenvalue weighted by Gasteiger charge is -2.04. The van der Waals surface area contributed by atoms with E-state index in [0.717, 1.165) is 30.0 Å². The van der Waals surface area contributed by atoms with Crippen molar-refractivity contribution in [2.75, 3.05) is 0 Å². The molecule has 0 spiro atoms. The van der Waals surface area contributed by atoms with E-state index < -0.39 is 0 Å². The molecule has 1 N–H and O–H groups in total. The summed E-state index contributed by atoms with van der Waals surface area (Å²) in [6.45, 7) is 3.52. The van der Waals surface area contributed by atoms with Crippen LogP contribution in [0.25, 0.3) is 0 Å². The van der Waals surface area contributed by atoms with E-state index in [9.17, 15) is 0 Å². The van der Waals surface area contributed by atoms with E-state index in [4.69, 9.17) is 0 Å². The summed E-state index contributed by atoms with van der Waals surface area (Å²) in [5, 5.41) is 3.30. The second-order valence-corrected chi connectivity index (χ2v) is 3.62. The summed E-state index contributed by atoms with van der Waals surface area (Å²) in [7, 11) is 0. The molecule has 0 bridgehead atoms. The van der Waals surface area contributed by atoms with E-state index in [2.05, 4.69) is 20.3 Å². The Kier molecular flexibility index (Phi) is 3.56. The highest BCUT2D eigenvalue weighted by atomic mass is 14.9. The minimum absolute atomic E-state index is 0.760. The van der Waals surface area contributed by atoms with Crippen LogP contribution in [0.2, 0.25) is 0 Å². The average molecular weight is 214 g/mol. The molecule has 2 heterocycles. The molecule has 0 saturated carbocycles. The third kappa shape index (κ3) is 3.10. The molecular formula is C12H14N4. The third-order valence-electron chi connectivity index (χ3n) is 2.20. The van der Waals surface area contributed by atoms with Gasteiger partial charge in [-0.3, -0.25) is 4.98 Å². The second-order valence-electron chi connectivity index (χ2n) is 3.62. The molecule has 0 unspecified atom stereocenters. The largest absolute Gasteiger partial charge is 0.307 e. The first kappa shape index (κ1) is 10.7. The number of aryl methyl sites for hydroxylation is 1. The minimum Gasteiger partial charge on any atom is -0.307 e. The predicted molar refractivity (Wildman–Crippen MR) is 61.5 cm³/mol. The lowest BCUT2D eigenvalue weighted by atomic mass is 10.3. The molecule has 2 rings (SSSR count). The molecule has 82 valence electrons. The van der Waals surface area contributed by atoms with Gasteiger partial charge in [-0.05, 0) is 19.1 Å². The highest BCUT2D eigenvalue weighted by Gasteiger charge is 1.95. The van der Waals surface area contributed by atoms with Gasteiger partial charge in [-0.2, -0.15) is 0 Å². The van der Waals surface area contributed by atoms with Crippen molar-refractivity contribution in [3.05, 3.63) is 53.9 Å². The molecule has 0 radical (unpaired) electrons. The number of hydrogen-bond acceptors (Lipinski definition) is 4. The van der Waals surface area contributed by atoms with Crippen molar-refractivity contribution in [3.63, 3.8) is 0 Å². The summed E-state index contributed by atoms with van der Waals surface area (Å²) in [5.74, 6) is 0. The van der Waals surface area contributed by atoms with Gasteiger partial charge in [-0.1, -0.05) is 6.07 Å². The maximum atomic E-state index is 4.41. The molecule has 0 atom stereocenters. The fourth-order valence-electron chi connectivity index (χ4n) is 1.45. The Balaban J connectivity index is 1.85. The van der Waals surface area contributed by atoms with Gasteiger partial charge in [0.15, 0.2) is 0 Å². The van der Waals surface area contributed by atoms with Gasteiger partial charge in [-0.15, -0.1) is 0 Å². The van der Waals surface area contributed by atoms with Crippen molar-refractivity contribution < 1.29 is 0 Å². The smallest absolute Gasteiger partial charge is 0.115 e. The highest BCUT2D eigenvalue weighted by molar-refractivity contribution is 5.10. The normalized spacial score (nSPS) is 10.3. The van der Waals surface area contributed by atoms with Gasteiger partial charge in [0.25, 0.3) is 0 Å². The topological polar surface area (TPSA) is 50.7 Å². The van der Waals surface area contributed by atoms with Crippen molar-refractivity contribution in [1.82, 2.24) is 20.3 Å².